The Balaban J connectivity index is 0.608. The number of nitrogens with zero attached hydrogens (tertiary/aromatic N) is 11. The van der Waals surface area contributed by atoms with Crippen LogP contribution in [0.15, 0.2) is 47.6 Å². The number of carbonyl (C=O) groups is 4. The van der Waals surface area contributed by atoms with Gasteiger partial charge < -0.3 is 35.1 Å². The molecule has 374 valence electrons. The molecule has 1 atom stereocenters. The molecular weight excluding hydrogens is 898 g/mol. The largest absolute Gasteiger partial charge is 0.423 e. The molecule has 70 heavy (non-hydrogen) atoms. The first-order chi connectivity index (χ1) is 34.1. The van der Waals surface area contributed by atoms with E-state index in [0.29, 0.717) is 53.0 Å². The first-order valence-electron chi connectivity index (χ1n) is 25.4. The molecule has 0 bridgehead atoms. The summed E-state index contributed by atoms with van der Waals surface area (Å²) in [7, 11) is 1.86. The van der Waals surface area contributed by atoms with Crippen LogP contribution in [-0.4, -0.2) is 163 Å². The highest BCUT2D eigenvalue weighted by Gasteiger charge is 2.37. The number of halogens is 1. The second-order valence-electron chi connectivity index (χ2n) is 20.2. The first-order valence-corrected chi connectivity index (χ1v) is 25.4. The summed E-state index contributed by atoms with van der Waals surface area (Å²) in [5.41, 5.74) is 2.52. The molecule has 4 amide bonds. The zero-order valence-electron chi connectivity index (χ0n) is 40.1. The van der Waals surface area contributed by atoms with Gasteiger partial charge in [-0.3, -0.25) is 39.0 Å². The number of likely N-dealkylation sites (tertiary alicyclic amines) is 1. The van der Waals surface area contributed by atoms with Crippen molar-refractivity contribution in [2.45, 2.75) is 95.2 Å². The number of rotatable bonds is 13. The lowest BCUT2D eigenvalue weighted by atomic mass is 9.80. The molecule has 2 saturated carbocycles. The van der Waals surface area contributed by atoms with Crippen molar-refractivity contribution in [1.82, 2.24) is 54.9 Å². The number of piperazine rings is 2. The molecule has 4 N–H and O–H groups in total. The lowest BCUT2D eigenvalue weighted by molar-refractivity contribution is -0.143. The molecule has 20 nitrogen and oxygen atoms in total. The fourth-order valence-electron chi connectivity index (χ4n) is 11.6. The van der Waals surface area contributed by atoms with Gasteiger partial charge in [0.05, 0.1) is 23.1 Å². The molecule has 6 aliphatic rings. The van der Waals surface area contributed by atoms with Crippen molar-refractivity contribution < 1.29 is 28.0 Å². The van der Waals surface area contributed by atoms with Gasteiger partial charge in [0, 0.05) is 127 Å². The van der Waals surface area contributed by atoms with Crippen LogP contribution in [0.25, 0.3) is 11.5 Å². The minimum Gasteiger partial charge on any atom is -0.423 e. The average Bonchev–Trinajstić information content (AvgIpc) is 4.08. The predicted molar refractivity (Wildman–Crippen MR) is 259 cm³/mol. The van der Waals surface area contributed by atoms with Crippen molar-refractivity contribution >= 4 is 52.5 Å². The molecule has 6 fully saturated rings. The third-order valence-corrected chi connectivity index (χ3v) is 15.6. The van der Waals surface area contributed by atoms with Gasteiger partial charge in [-0.05, 0) is 94.7 Å². The maximum Gasteiger partial charge on any atom is 0.252 e. The highest BCUT2D eigenvalue weighted by atomic mass is 19.1. The Kier molecular flexibility index (Phi) is 14.5. The van der Waals surface area contributed by atoms with Crippen molar-refractivity contribution in [3.63, 3.8) is 0 Å². The van der Waals surface area contributed by atoms with Gasteiger partial charge in [-0.15, -0.1) is 10.2 Å². The summed E-state index contributed by atoms with van der Waals surface area (Å²) in [6, 6.07) is 5.14. The van der Waals surface area contributed by atoms with Crippen LogP contribution >= 0.6 is 0 Å². The lowest BCUT2D eigenvalue weighted by Gasteiger charge is -2.43. The molecule has 4 aliphatic heterocycles. The second-order valence-corrected chi connectivity index (χ2v) is 20.2. The Hall–Kier alpha value is -6.22. The molecule has 10 rings (SSSR count). The van der Waals surface area contributed by atoms with Gasteiger partial charge in [0.25, 0.3) is 5.89 Å². The minimum absolute atomic E-state index is 0.0000854. The van der Waals surface area contributed by atoms with E-state index in [9.17, 15) is 19.2 Å². The zero-order chi connectivity index (χ0) is 48.1. The Labute approximate surface area is 407 Å². The van der Waals surface area contributed by atoms with Crippen LogP contribution in [0.1, 0.15) is 77.0 Å². The Morgan fingerprint density at radius 3 is 2.16 bits per heavy atom. The molecule has 2 aliphatic carbocycles. The van der Waals surface area contributed by atoms with E-state index in [4.69, 9.17) is 9.40 Å². The van der Waals surface area contributed by atoms with Crippen molar-refractivity contribution in [2.75, 3.05) is 92.8 Å². The third kappa shape index (κ3) is 11.2. The van der Waals surface area contributed by atoms with E-state index < -0.39 is 6.04 Å². The molecule has 1 aromatic carbocycles. The van der Waals surface area contributed by atoms with Gasteiger partial charge in [-0.2, -0.15) is 10.1 Å². The summed E-state index contributed by atoms with van der Waals surface area (Å²) >= 11 is 0. The van der Waals surface area contributed by atoms with E-state index in [1.807, 2.05) is 13.2 Å². The molecule has 1 unspecified atom stereocenters. The maximum absolute atomic E-state index is 15.3. The summed E-state index contributed by atoms with van der Waals surface area (Å²) in [6.07, 6.45) is 16.4. The number of aromatic nitrogens is 6. The van der Waals surface area contributed by atoms with E-state index in [0.717, 1.165) is 142 Å². The summed E-state index contributed by atoms with van der Waals surface area (Å²) in [6.45, 7) is 8.96. The maximum atomic E-state index is 15.3. The third-order valence-electron chi connectivity index (χ3n) is 15.6. The number of piperidine rings is 2. The number of amides is 4. The van der Waals surface area contributed by atoms with Crippen molar-refractivity contribution in [1.29, 1.82) is 0 Å². The number of nitrogens with one attached hydrogen (secondary N) is 4. The molecule has 0 spiro atoms. The topological polar surface area (TPSA) is 215 Å². The van der Waals surface area contributed by atoms with Crippen LogP contribution in [0.5, 0.6) is 0 Å². The monoisotopic (exact) mass is 964 g/mol. The summed E-state index contributed by atoms with van der Waals surface area (Å²) < 4.78 is 22.5. The number of benzene rings is 1. The van der Waals surface area contributed by atoms with Gasteiger partial charge in [0.15, 0.2) is 0 Å². The number of aryl methyl sites for hydroxylation is 1. The Morgan fingerprint density at radius 1 is 0.800 bits per heavy atom. The SMILES string of the molecule is Cn1cc(Nc2ncc(-c3nnco3)c(NC3CCC(N4CCN(C(=O)C5CCC(C(=O)N6CCC(CN7CCN(c8ccc(NC9CCC(=O)NC9=O)cc8F)CC7)CC6)CC5)CC4)CC3)n2)cn1. The van der Waals surface area contributed by atoms with E-state index in [1.54, 1.807) is 29.2 Å². The quantitative estimate of drug-likeness (QED) is 0.139. The lowest BCUT2D eigenvalue weighted by Crippen LogP contribution is -2.54. The number of carbonyl (C=O) groups excluding carboxylic acids is 4. The van der Waals surface area contributed by atoms with Crippen molar-refractivity contribution in [2.24, 2.45) is 24.8 Å². The smallest absolute Gasteiger partial charge is 0.252 e. The minimum atomic E-state index is -0.557. The number of imide groups is 1. The highest BCUT2D eigenvalue weighted by molar-refractivity contribution is 6.01. The van der Waals surface area contributed by atoms with Crippen LogP contribution in [0.4, 0.5) is 33.2 Å². The van der Waals surface area contributed by atoms with Gasteiger partial charge in [-0.1, -0.05) is 0 Å². The molecule has 0 radical (unpaired) electrons. The van der Waals surface area contributed by atoms with E-state index in [1.165, 1.54) is 12.5 Å². The molecule has 4 aromatic rings. The number of anilines is 5. The fourth-order valence-corrected chi connectivity index (χ4v) is 11.6. The Morgan fingerprint density at radius 2 is 1.51 bits per heavy atom. The van der Waals surface area contributed by atoms with E-state index in [-0.39, 0.29) is 53.7 Å². The molecule has 7 heterocycles. The van der Waals surface area contributed by atoms with Crippen LogP contribution in [0.3, 0.4) is 0 Å². The Bertz CT molecular complexity index is 2450. The van der Waals surface area contributed by atoms with Gasteiger partial charge in [0.1, 0.15) is 17.7 Å². The average molecular weight is 964 g/mol. The highest BCUT2D eigenvalue weighted by Crippen LogP contribution is 2.35. The van der Waals surface area contributed by atoms with Crippen LogP contribution in [-0.2, 0) is 26.2 Å². The summed E-state index contributed by atoms with van der Waals surface area (Å²) in [5.74, 6) is 1.51. The zero-order valence-corrected chi connectivity index (χ0v) is 40.1. The van der Waals surface area contributed by atoms with Crippen molar-refractivity contribution in [3.8, 4) is 11.5 Å². The van der Waals surface area contributed by atoms with E-state index in [2.05, 4.69) is 66.0 Å². The standard InChI is InChI=1S/C49H66FN15O5/c1-60-30-37(27-53-60)56-49-51-28-39(46-59-52-31-70-46)44(58-49)55-35-6-9-38(10-7-35)62-22-24-65(25-23-62)48(69)34-4-2-33(3-5-34)47(68)64-16-14-32(15-17-64)29-61-18-20-63(21-19-61)42-12-8-36(26-40(42)50)54-41-11-13-43(66)57-45(41)67/h8,12,26-28,30-35,38,41,54H,2-7,9-11,13-25,29H2,1H3,(H,57,66,67)(H2,51,55,56,58). The number of hydrogen-bond acceptors (Lipinski definition) is 16. The van der Waals surface area contributed by atoms with Gasteiger partial charge >= 0.3 is 0 Å². The van der Waals surface area contributed by atoms with Gasteiger partial charge in [0.2, 0.25) is 36.0 Å². The predicted octanol–water partition coefficient (Wildman–Crippen LogP) is 4.09. The van der Waals surface area contributed by atoms with Crippen molar-refractivity contribution in [3.05, 3.63) is 49.0 Å². The van der Waals surface area contributed by atoms with E-state index >= 15 is 4.39 Å². The van der Waals surface area contributed by atoms with Gasteiger partial charge in [-0.25, -0.2) is 9.37 Å². The summed E-state index contributed by atoms with van der Waals surface area (Å²) in [5, 5.41) is 24.4. The van der Waals surface area contributed by atoms with Crippen LogP contribution < -0.4 is 26.2 Å². The van der Waals surface area contributed by atoms with Crippen LogP contribution in [0, 0.1) is 23.6 Å². The second kappa shape index (κ2) is 21.4. The number of hydrogen-bond donors (Lipinski definition) is 4. The molecule has 3 aromatic heterocycles. The molecule has 4 saturated heterocycles. The molecular formula is C49H66FN15O5. The summed E-state index contributed by atoms with van der Waals surface area (Å²) in [4.78, 5) is 71.7. The fraction of sp³-hybridized carbons (Fsp3) is 0.612. The normalized spacial score (nSPS) is 25.4. The first kappa shape index (κ1) is 47.5. The molecule has 21 heteroatoms. The van der Waals surface area contributed by atoms with Crippen LogP contribution in [0.2, 0.25) is 0 Å².